The second-order valence-corrected chi connectivity index (χ2v) is 6.88. The molecule has 1 aromatic carbocycles. The predicted octanol–water partition coefficient (Wildman–Crippen LogP) is 3.96. The highest BCUT2D eigenvalue weighted by molar-refractivity contribution is 7.99. The molecule has 2 aromatic rings. The van der Waals surface area contributed by atoms with Crippen LogP contribution in [0.1, 0.15) is 18.3 Å². The molecule has 142 valence electrons. The number of carbonyl (C=O) groups is 1. The third-order valence-electron chi connectivity index (χ3n) is 3.37. The van der Waals surface area contributed by atoms with E-state index in [-0.39, 0.29) is 17.3 Å². The first-order valence-corrected chi connectivity index (χ1v) is 9.01. The van der Waals surface area contributed by atoms with Gasteiger partial charge in [0, 0.05) is 25.0 Å². The van der Waals surface area contributed by atoms with Gasteiger partial charge in [-0.1, -0.05) is 30.3 Å². The molecule has 0 saturated carbocycles. The lowest BCUT2D eigenvalue weighted by Crippen LogP contribution is -2.31. The molecule has 0 unspecified atom stereocenters. The molecule has 0 saturated heterocycles. The first-order valence-electron chi connectivity index (χ1n) is 7.65. The number of thioether (sulfide) groups is 1. The molecule has 26 heavy (non-hydrogen) atoms. The highest BCUT2D eigenvalue weighted by Gasteiger charge is 2.34. The fourth-order valence-corrected chi connectivity index (χ4v) is 2.96. The third-order valence-corrected chi connectivity index (χ3v) is 4.51. The number of anilines is 1. The monoisotopic (exact) mass is 407 g/mol. The van der Waals surface area contributed by atoms with E-state index in [4.69, 9.17) is 11.6 Å². The van der Waals surface area contributed by atoms with Gasteiger partial charge >= 0.3 is 12.2 Å². The second kappa shape index (κ2) is 8.63. The Bertz CT molecular complexity index is 781. The van der Waals surface area contributed by atoms with Crippen molar-refractivity contribution in [3.05, 3.63) is 34.6 Å². The van der Waals surface area contributed by atoms with E-state index in [0.717, 1.165) is 23.0 Å². The van der Waals surface area contributed by atoms with Crippen LogP contribution in [-0.2, 0) is 19.6 Å². The number of carbonyl (C=O) groups excluding carboxylic acids is 1. The number of hydrogen-bond acceptors (Lipinski definition) is 4. The summed E-state index contributed by atoms with van der Waals surface area (Å²) >= 11 is 7.15. The normalized spacial score (nSPS) is 11.5. The summed E-state index contributed by atoms with van der Waals surface area (Å²) in [5.74, 6) is 1.53. The Kier molecular flexibility index (Phi) is 6.76. The molecule has 0 spiro atoms. The maximum absolute atomic E-state index is 13.0. The van der Waals surface area contributed by atoms with Crippen molar-refractivity contribution in [3.8, 4) is 0 Å². The number of benzene rings is 1. The van der Waals surface area contributed by atoms with Crippen LogP contribution in [0, 0.1) is 0 Å². The minimum atomic E-state index is -4.63. The molecule has 6 nitrogen and oxygen atoms in total. The molecular formula is C15H17ClF3N5OS. The van der Waals surface area contributed by atoms with Crippen molar-refractivity contribution >= 4 is 35.1 Å². The van der Waals surface area contributed by atoms with E-state index in [0.29, 0.717) is 12.2 Å². The van der Waals surface area contributed by atoms with Gasteiger partial charge in [-0.2, -0.15) is 13.2 Å². The smallest absolute Gasteiger partial charge is 0.337 e. The highest BCUT2D eigenvalue weighted by atomic mass is 35.5. The van der Waals surface area contributed by atoms with Gasteiger partial charge in [-0.3, -0.25) is 0 Å². The van der Waals surface area contributed by atoms with Crippen LogP contribution in [0.3, 0.4) is 0 Å². The summed E-state index contributed by atoms with van der Waals surface area (Å²) in [6, 6.07) is 2.41. The molecule has 0 bridgehead atoms. The van der Waals surface area contributed by atoms with E-state index in [2.05, 4.69) is 20.8 Å². The second-order valence-electron chi connectivity index (χ2n) is 5.21. The Hall–Kier alpha value is -1.94. The van der Waals surface area contributed by atoms with E-state index < -0.39 is 17.8 Å². The predicted molar refractivity (Wildman–Crippen MR) is 94.6 cm³/mol. The van der Waals surface area contributed by atoms with Gasteiger partial charge in [0.15, 0.2) is 5.16 Å². The van der Waals surface area contributed by atoms with Crippen molar-refractivity contribution in [2.75, 3.05) is 17.6 Å². The number of aromatic nitrogens is 3. The Morgan fingerprint density at radius 1 is 1.35 bits per heavy atom. The number of nitrogens with zero attached hydrogens (tertiary/aromatic N) is 3. The van der Waals surface area contributed by atoms with Crippen LogP contribution in [0.2, 0.25) is 5.02 Å². The summed E-state index contributed by atoms with van der Waals surface area (Å²) in [7, 11) is 1.82. The summed E-state index contributed by atoms with van der Waals surface area (Å²) in [6.45, 7) is 2.19. The molecule has 1 heterocycles. The molecule has 0 fully saturated rings. The lowest BCUT2D eigenvalue weighted by atomic mass is 10.1. The van der Waals surface area contributed by atoms with Crippen LogP contribution >= 0.6 is 23.4 Å². The van der Waals surface area contributed by atoms with E-state index in [1.165, 1.54) is 6.07 Å². The van der Waals surface area contributed by atoms with Gasteiger partial charge in [0.05, 0.1) is 11.3 Å². The SMILES string of the molecule is CCSc1nnc(CCNC(=O)Nc2ccc(Cl)cc2C(F)(F)F)n1C. The van der Waals surface area contributed by atoms with Crippen molar-refractivity contribution in [3.63, 3.8) is 0 Å². The maximum Gasteiger partial charge on any atom is 0.418 e. The average molecular weight is 408 g/mol. The Morgan fingerprint density at radius 2 is 2.08 bits per heavy atom. The molecule has 2 N–H and O–H groups in total. The summed E-state index contributed by atoms with van der Waals surface area (Å²) in [6.07, 6.45) is -4.23. The average Bonchev–Trinajstić information content (AvgIpc) is 2.89. The van der Waals surface area contributed by atoms with E-state index in [9.17, 15) is 18.0 Å². The quantitative estimate of drug-likeness (QED) is 0.711. The molecule has 0 aliphatic carbocycles. The summed E-state index contributed by atoms with van der Waals surface area (Å²) in [4.78, 5) is 11.9. The van der Waals surface area contributed by atoms with E-state index in [1.54, 1.807) is 11.8 Å². The van der Waals surface area contributed by atoms with E-state index >= 15 is 0 Å². The molecule has 0 aliphatic heterocycles. The molecule has 2 rings (SSSR count). The van der Waals surface area contributed by atoms with Crippen LogP contribution < -0.4 is 10.6 Å². The molecule has 2 amide bonds. The van der Waals surface area contributed by atoms with Crippen LogP contribution in [0.25, 0.3) is 0 Å². The Labute approximate surface area is 157 Å². The van der Waals surface area contributed by atoms with Crippen molar-refractivity contribution in [2.45, 2.75) is 24.7 Å². The first-order chi connectivity index (χ1) is 12.2. The zero-order valence-electron chi connectivity index (χ0n) is 14.0. The fourth-order valence-electron chi connectivity index (χ4n) is 2.13. The largest absolute Gasteiger partial charge is 0.418 e. The minimum Gasteiger partial charge on any atom is -0.337 e. The van der Waals surface area contributed by atoms with Crippen molar-refractivity contribution < 1.29 is 18.0 Å². The van der Waals surface area contributed by atoms with Gasteiger partial charge in [-0.25, -0.2) is 4.79 Å². The van der Waals surface area contributed by atoms with Crippen LogP contribution in [0.5, 0.6) is 0 Å². The number of urea groups is 1. The third kappa shape index (κ3) is 5.28. The zero-order valence-corrected chi connectivity index (χ0v) is 15.6. The number of hydrogen-bond donors (Lipinski definition) is 2. The van der Waals surface area contributed by atoms with Crippen LogP contribution in [0.15, 0.2) is 23.4 Å². The van der Waals surface area contributed by atoms with Gasteiger partial charge in [0.1, 0.15) is 5.82 Å². The molecular weight excluding hydrogens is 391 g/mol. The lowest BCUT2D eigenvalue weighted by Gasteiger charge is -2.14. The Morgan fingerprint density at radius 3 is 2.73 bits per heavy atom. The molecule has 0 radical (unpaired) electrons. The van der Waals surface area contributed by atoms with Gasteiger partial charge in [-0.05, 0) is 24.0 Å². The van der Waals surface area contributed by atoms with Crippen molar-refractivity contribution in [1.29, 1.82) is 0 Å². The first kappa shape index (κ1) is 20.4. The van der Waals surface area contributed by atoms with Crippen molar-refractivity contribution in [2.24, 2.45) is 7.05 Å². The highest BCUT2D eigenvalue weighted by Crippen LogP contribution is 2.36. The maximum atomic E-state index is 13.0. The Balaban J connectivity index is 1.94. The zero-order chi connectivity index (χ0) is 19.3. The van der Waals surface area contributed by atoms with Gasteiger partial charge < -0.3 is 15.2 Å². The topological polar surface area (TPSA) is 71.8 Å². The van der Waals surface area contributed by atoms with Gasteiger partial charge in [0.2, 0.25) is 0 Å². The molecule has 0 atom stereocenters. The van der Waals surface area contributed by atoms with Gasteiger partial charge in [-0.15, -0.1) is 10.2 Å². The standard InChI is InChI=1S/C15H17ClF3N5OS/c1-3-26-14-23-22-12(24(14)2)6-7-20-13(25)21-11-5-4-9(16)8-10(11)15(17,18)19/h4-5,8H,3,6-7H2,1-2H3,(H2,20,21,25). The number of amides is 2. The van der Waals surface area contributed by atoms with Gasteiger partial charge in [0.25, 0.3) is 0 Å². The fraction of sp³-hybridized carbons (Fsp3) is 0.400. The molecule has 0 aliphatic rings. The lowest BCUT2D eigenvalue weighted by molar-refractivity contribution is -0.136. The summed E-state index contributed by atoms with van der Waals surface area (Å²) in [5, 5.41) is 13.5. The number of rotatable bonds is 6. The van der Waals surface area contributed by atoms with Crippen molar-refractivity contribution in [1.82, 2.24) is 20.1 Å². The number of halogens is 4. The molecule has 1 aromatic heterocycles. The summed E-state index contributed by atoms with van der Waals surface area (Å²) < 4.78 is 40.8. The van der Waals surface area contributed by atoms with Crippen LogP contribution in [-0.4, -0.2) is 33.1 Å². The number of alkyl halides is 3. The van der Waals surface area contributed by atoms with Crippen LogP contribution in [0.4, 0.5) is 23.7 Å². The minimum absolute atomic E-state index is 0.0636. The molecule has 11 heteroatoms. The number of nitrogens with one attached hydrogen (secondary N) is 2. The van der Waals surface area contributed by atoms with E-state index in [1.807, 2.05) is 18.5 Å². The summed E-state index contributed by atoms with van der Waals surface area (Å²) in [5.41, 5.74) is -1.37.